The lowest BCUT2D eigenvalue weighted by molar-refractivity contribution is -0.125. The van der Waals surface area contributed by atoms with Crippen molar-refractivity contribution >= 4 is 40.1 Å². The molecule has 10 heteroatoms. The highest BCUT2D eigenvalue weighted by atomic mass is 32.1. The lowest BCUT2D eigenvalue weighted by atomic mass is 9.61. The second-order valence-corrected chi connectivity index (χ2v) is 10.6. The van der Waals surface area contributed by atoms with Crippen molar-refractivity contribution in [3.63, 3.8) is 0 Å². The van der Waals surface area contributed by atoms with Gasteiger partial charge in [0.2, 0.25) is 11.9 Å². The second-order valence-electron chi connectivity index (χ2n) is 9.50. The third-order valence-electron chi connectivity index (χ3n) is 7.08. The first-order valence-corrected chi connectivity index (χ1v) is 12.3. The van der Waals surface area contributed by atoms with E-state index < -0.39 is 18.4 Å². The van der Waals surface area contributed by atoms with E-state index >= 15 is 0 Å². The van der Waals surface area contributed by atoms with Gasteiger partial charge in [0, 0.05) is 19.6 Å². The Labute approximate surface area is 205 Å². The number of aliphatic hydroxyl groups excluding tert-OH is 1. The number of nitrogens with one attached hydrogen (secondary N) is 1. The van der Waals surface area contributed by atoms with E-state index in [4.69, 9.17) is 5.11 Å². The molecule has 2 amide bonds. The van der Waals surface area contributed by atoms with Crippen LogP contribution in [-0.4, -0.2) is 51.1 Å². The van der Waals surface area contributed by atoms with Gasteiger partial charge in [0.1, 0.15) is 6.61 Å². The number of carbonyl (C=O) groups excluding carboxylic acids is 2. The fraction of sp³-hybridized carbons (Fsp3) is 0.400. The molecule has 1 spiro atoms. The fourth-order valence-electron chi connectivity index (χ4n) is 5.39. The first kappa shape index (κ1) is 23.6. The molecular formula is C25H26F2N4O3S. The minimum atomic E-state index is -3.39. The molecule has 3 aromatic rings. The second kappa shape index (κ2) is 8.83. The maximum absolute atomic E-state index is 13.8. The summed E-state index contributed by atoms with van der Waals surface area (Å²) in [5, 5.41) is 11.7. The Morgan fingerprint density at radius 2 is 2.06 bits per heavy atom. The number of aromatic nitrogens is 2. The Hall–Kier alpha value is -3.11. The summed E-state index contributed by atoms with van der Waals surface area (Å²) in [6.07, 6.45) is 4.32. The Morgan fingerprint density at radius 3 is 2.80 bits per heavy atom. The number of hydrogen-bond donors (Lipinski definition) is 2. The molecule has 0 unspecified atom stereocenters. The predicted octanol–water partition coefficient (Wildman–Crippen LogP) is 4.25. The van der Waals surface area contributed by atoms with Crippen LogP contribution in [0.4, 0.5) is 14.7 Å². The van der Waals surface area contributed by atoms with Gasteiger partial charge in [0.25, 0.3) is 5.91 Å². The summed E-state index contributed by atoms with van der Waals surface area (Å²) in [6.45, 7) is 4.43. The number of alkyl halides is 2. The predicted molar refractivity (Wildman–Crippen MR) is 130 cm³/mol. The van der Waals surface area contributed by atoms with Crippen LogP contribution < -0.4 is 5.32 Å². The number of halogens is 2. The van der Waals surface area contributed by atoms with Gasteiger partial charge in [0.05, 0.1) is 20.8 Å². The quantitative estimate of drug-likeness (QED) is 0.475. The van der Waals surface area contributed by atoms with Crippen LogP contribution in [0.1, 0.15) is 33.8 Å². The highest BCUT2D eigenvalue weighted by Gasteiger charge is 2.49. The number of benzene rings is 1. The smallest absolute Gasteiger partial charge is 0.304 e. The number of rotatable bonds is 7. The van der Waals surface area contributed by atoms with E-state index in [1.807, 2.05) is 33.7 Å². The fourth-order valence-corrected chi connectivity index (χ4v) is 6.26. The number of hydrogen-bond acceptors (Lipinski definition) is 5. The van der Waals surface area contributed by atoms with E-state index in [0.717, 1.165) is 49.5 Å². The van der Waals surface area contributed by atoms with Crippen LogP contribution in [0.5, 0.6) is 0 Å². The van der Waals surface area contributed by atoms with Crippen molar-refractivity contribution in [3.8, 4) is 0 Å². The molecule has 0 bridgehead atoms. The number of anilines is 1. The minimum Gasteiger partial charge on any atom is -0.390 e. The standard InChI is InChI=1S/C25H26F2N4O3S/c1-2-21(33)30-10-9-24(14-30)11-16(12-24)13-31-18-6-4-3-5-17(18)28-23(31)29-22(34)19-7-8-20(35-19)25(26,27)15-32/h2-8,16,32H,1,9-15H2,(H,28,29,34). The summed E-state index contributed by atoms with van der Waals surface area (Å²) in [4.78, 5) is 31.0. The Bertz CT molecular complexity index is 1290. The zero-order valence-corrected chi connectivity index (χ0v) is 19.9. The van der Waals surface area contributed by atoms with Crippen molar-refractivity contribution in [2.75, 3.05) is 25.0 Å². The molecule has 7 nitrogen and oxygen atoms in total. The Morgan fingerprint density at radius 1 is 1.29 bits per heavy atom. The summed E-state index contributed by atoms with van der Waals surface area (Å²) in [6, 6.07) is 10.1. The Kier molecular flexibility index (Phi) is 5.96. The van der Waals surface area contributed by atoms with Crippen molar-refractivity contribution < 1.29 is 23.5 Å². The topological polar surface area (TPSA) is 87.5 Å². The number of nitrogens with zero attached hydrogens (tertiary/aromatic N) is 3. The molecule has 2 fully saturated rings. The van der Waals surface area contributed by atoms with Crippen molar-refractivity contribution in [2.24, 2.45) is 11.3 Å². The summed E-state index contributed by atoms with van der Waals surface area (Å²) in [7, 11) is 0. The van der Waals surface area contributed by atoms with E-state index in [1.165, 1.54) is 12.1 Å². The van der Waals surface area contributed by atoms with Gasteiger partial charge in [0.15, 0.2) is 0 Å². The molecule has 2 aromatic heterocycles. The number of aliphatic hydroxyl groups is 1. The number of fused-ring (bicyclic) bond motifs is 1. The number of para-hydroxylation sites is 2. The van der Waals surface area contributed by atoms with Gasteiger partial charge < -0.3 is 14.6 Å². The highest BCUT2D eigenvalue weighted by Crippen LogP contribution is 2.52. The van der Waals surface area contributed by atoms with Gasteiger partial charge >= 0.3 is 5.92 Å². The van der Waals surface area contributed by atoms with Crippen LogP contribution in [-0.2, 0) is 17.3 Å². The number of amides is 2. The van der Waals surface area contributed by atoms with E-state index in [-0.39, 0.29) is 21.1 Å². The van der Waals surface area contributed by atoms with Crippen molar-refractivity contribution in [3.05, 3.63) is 58.8 Å². The summed E-state index contributed by atoms with van der Waals surface area (Å²) in [5.41, 5.74) is 1.77. The molecule has 1 aliphatic carbocycles. The molecule has 0 atom stereocenters. The first-order valence-electron chi connectivity index (χ1n) is 11.5. The molecule has 3 heterocycles. The van der Waals surface area contributed by atoms with Gasteiger partial charge in [-0.1, -0.05) is 18.7 Å². The van der Waals surface area contributed by atoms with Crippen LogP contribution in [0.3, 0.4) is 0 Å². The molecule has 35 heavy (non-hydrogen) atoms. The van der Waals surface area contributed by atoms with Crippen LogP contribution in [0.2, 0.25) is 0 Å². The van der Waals surface area contributed by atoms with Crippen molar-refractivity contribution in [1.29, 1.82) is 0 Å². The summed E-state index contributed by atoms with van der Waals surface area (Å²) < 4.78 is 29.5. The van der Waals surface area contributed by atoms with Crippen LogP contribution in [0, 0.1) is 11.3 Å². The van der Waals surface area contributed by atoms with Gasteiger partial charge in [-0.2, -0.15) is 8.78 Å². The zero-order chi connectivity index (χ0) is 24.8. The number of likely N-dealkylation sites (tertiary alicyclic amines) is 1. The normalized spacial score (nSPS) is 21.9. The van der Waals surface area contributed by atoms with E-state index in [2.05, 4.69) is 16.9 Å². The average Bonchev–Trinajstić information content (AvgIpc) is 3.56. The van der Waals surface area contributed by atoms with E-state index in [1.54, 1.807) is 0 Å². The Balaban J connectivity index is 1.32. The number of imidazole rings is 1. The van der Waals surface area contributed by atoms with E-state index in [0.29, 0.717) is 29.7 Å². The molecule has 184 valence electrons. The van der Waals surface area contributed by atoms with Gasteiger partial charge in [-0.25, -0.2) is 4.98 Å². The number of thiophene rings is 1. The maximum atomic E-state index is 13.8. The SMILES string of the molecule is C=CC(=O)N1CCC2(CC(Cn3c(NC(=O)c4ccc(C(F)(F)CO)s4)nc4ccccc43)C2)C1. The molecule has 0 radical (unpaired) electrons. The van der Waals surface area contributed by atoms with E-state index in [9.17, 15) is 18.4 Å². The molecule has 1 aromatic carbocycles. The zero-order valence-electron chi connectivity index (χ0n) is 19.0. The molecular weight excluding hydrogens is 474 g/mol. The monoisotopic (exact) mass is 500 g/mol. The van der Waals surface area contributed by atoms with Crippen molar-refractivity contribution in [2.45, 2.75) is 31.7 Å². The molecule has 2 aliphatic rings. The molecule has 1 saturated carbocycles. The van der Waals surface area contributed by atoms with Gasteiger partial charge in [-0.05, 0) is 60.9 Å². The molecule has 1 saturated heterocycles. The molecule has 2 N–H and O–H groups in total. The minimum absolute atomic E-state index is 0.0237. The maximum Gasteiger partial charge on any atom is 0.304 e. The van der Waals surface area contributed by atoms with Crippen molar-refractivity contribution in [1.82, 2.24) is 14.5 Å². The summed E-state index contributed by atoms with van der Waals surface area (Å²) >= 11 is 0.653. The third kappa shape index (κ3) is 4.36. The van der Waals surface area contributed by atoms with Gasteiger partial charge in [-0.3, -0.25) is 14.9 Å². The average molecular weight is 501 g/mol. The lowest BCUT2D eigenvalue weighted by Crippen LogP contribution is -2.42. The largest absolute Gasteiger partial charge is 0.390 e. The third-order valence-corrected chi connectivity index (χ3v) is 8.27. The van der Waals surface area contributed by atoms with Crippen LogP contribution in [0.15, 0.2) is 49.1 Å². The molecule has 1 aliphatic heterocycles. The first-order chi connectivity index (χ1) is 16.7. The van der Waals surface area contributed by atoms with Crippen LogP contribution >= 0.6 is 11.3 Å². The lowest BCUT2D eigenvalue weighted by Gasteiger charge is -2.45. The van der Waals surface area contributed by atoms with Crippen LogP contribution in [0.25, 0.3) is 11.0 Å². The number of carbonyl (C=O) groups is 2. The highest BCUT2D eigenvalue weighted by molar-refractivity contribution is 7.14. The van der Waals surface area contributed by atoms with Gasteiger partial charge in [-0.15, -0.1) is 11.3 Å². The summed E-state index contributed by atoms with van der Waals surface area (Å²) in [5.74, 6) is -3.19. The molecule has 5 rings (SSSR count).